The predicted molar refractivity (Wildman–Crippen MR) is 129 cm³/mol. The summed E-state index contributed by atoms with van der Waals surface area (Å²) in [5.41, 5.74) is 1.21. The SMILES string of the molecule is CS(=O)(=O)c1cccc(Nc2ncc3cc(-c4ccc(Cl)cc4Cl)c(=O)n(CCO)c3n2)c1. The third kappa shape index (κ3) is 4.86. The summed E-state index contributed by atoms with van der Waals surface area (Å²) in [4.78, 5) is 22.1. The molecule has 0 unspecified atom stereocenters. The number of halogens is 2. The van der Waals surface area contributed by atoms with E-state index in [1.165, 1.54) is 22.9 Å². The molecule has 0 aliphatic carbocycles. The normalized spacial score (nSPS) is 11.6. The Morgan fingerprint density at radius 3 is 2.58 bits per heavy atom. The zero-order chi connectivity index (χ0) is 23.8. The number of benzene rings is 2. The van der Waals surface area contributed by atoms with Crippen molar-refractivity contribution in [2.75, 3.05) is 18.2 Å². The van der Waals surface area contributed by atoms with Crippen LogP contribution in [0.2, 0.25) is 10.0 Å². The van der Waals surface area contributed by atoms with Gasteiger partial charge >= 0.3 is 0 Å². The molecule has 0 saturated heterocycles. The zero-order valence-electron chi connectivity index (χ0n) is 17.3. The first-order valence-corrected chi connectivity index (χ1v) is 12.4. The van der Waals surface area contributed by atoms with Crippen molar-refractivity contribution >= 4 is 55.7 Å². The standard InChI is InChI=1S/C22H18Cl2N4O4S/c1-33(31,32)16-4-2-3-15(11-16)26-22-25-12-13-9-18(17-6-5-14(23)10-19(17)24)21(30)28(7-8-29)20(13)27-22/h2-6,9-12,29H,7-8H2,1H3,(H,25,26,27). The molecule has 4 rings (SSSR count). The molecule has 0 spiro atoms. The van der Waals surface area contributed by atoms with Crippen LogP contribution in [-0.4, -0.2) is 40.9 Å². The van der Waals surface area contributed by atoms with E-state index in [1.807, 2.05) is 0 Å². The lowest BCUT2D eigenvalue weighted by atomic mass is 10.1. The van der Waals surface area contributed by atoms with E-state index in [1.54, 1.807) is 36.4 Å². The maximum absolute atomic E-state index is 13.2. The van der Waals surface area contributed by atoms with Crippen molar-refractivity contribution in [1.82, 2.24) is 14.5 Å². The highest BCUT2D eigenvalue weighted by molar-refractivity contribution is 7.90. The number of pyridine rings is 1. The number of sulfone groups is 1. The highest BCUT2D eigenvalue weighted by Crippen LogP contribution is 2.30. The number of aliphatic hydroxyl groups is 1. The van der Waals surface area contributed by atoms with Gasteiger partial charge in [-0.05, 0) is 36.4 Å². The molecule has 33 heavy (non-hydrogen) atoms. The third-order valence-corrected chi connectivity index (χ3v) is 6.55. The molecule has 8 nitrogen and oxygen atoms in total. The maximum atomic E-state index is 13.2. The van der Waals surface area contributed by atoms with Gasteiger partial charge in [-0.25, -0.2) is 13.4 Å². The van der Waals surface area contributed by atoms with Crippen LogP contribution >= 0.6 is 23.2 Å². The Labute approximate surface area is 199 Å². The first-order chi connectivity index (χ1) is 15.7. The van der Waals surface area contributed by atoms with Gasteiger partial charge in [0.15, 0.2) is 9.84 Å². The summed E-state index contributed by atoms with van der Waals surface area (Å²) in [7, 11) is -3.38. The highest BCUT2D eigenvalue weighted by atomic mass is 35.5. The summed E-state index contributed by atoms with van der Waals surface area (Å²) in [5.74, 6) is 0.163. The van der Waals surface area contributed by atoms with Gasteiger partial charge in [-0.1, -0.05) is 35.3 Å². The molecule has 11 heteroatoms. The Bertz CT molecular complexity index is 1540. The second kappa shape index (κ2) is 9.11. The first kappa shape index (κ1) is 23.2. The Balaban J connectivity index is 1.83. The Hall–Kier alpha value is -2.98. The fourth-order valence-electron chi connectivity index (χ4n) is 3.36. The molecule has 0 aliphatic heterocycles. The van der Waals surface area contributed by atoms with Crippen LogP contribution in [-0.2, 0) is 16.4 Å². The molecule has 170 valence electrons. The molecular formula is C22H18Cl2N4O4S. The molecular weight excluding hydrogens is 487 g/mol. The number of rotatable bonds is 6. The molecule has 2 heterocycles. The molecule has 2 aromatic carbocycles. The Morgan fingerprint density at radius 1 is 1.09 bits per heavy atom. The highest BCUT2D eigenvalue weighted by Gasteiger charge is 2.16. The van der Waals surface area contributed by atoms with E-state index < -0.39 is 9.84 Å². The number of hydrogen-bond acceptors (Lipinski definition) is 7. The maximum Gasteiger partial charge on any atom is 0.260 e. The number of aliphatic hydroxyl groups excluding tert-OH is 1. The lowest BCUT2D eigenvalue weighted by molar-refractivity contribution is 0.276. The molecule has 0 aliphatic rings. The van der Waals surface area contributed by atoms with Crippen LogP contribution in [0.1, 0.15) is 0 Å². The smallest absolute Gasteiger partial charge is 0.260 e. The van der Waals surface area contributed by atoms with Crippen LogP contribution in [0.3, 0.4) is 0 Å². The van der Waals surface area contributed by atoms with Crippen molar-refractivity contribution < 1.29 is 13.5 Å². The van der Waals surface area contributed by atoms with E-state index in [0.29, 0.717) is 37.9 Å². The van der Waals surface area contributed by atoms with Gasteiger partial charge in [0.1, 0.15) is 5.65 Å². The van der Waals surface area contributed by atoms with Crippen molar-refractivity contribution in [3.63, 3.8) is 0 Å². The topological polar surface area (TPSA) is 114 Å². The second-order valence-electron chi connectivity index (χ2n) is 7.26. The first-order valence-electron chi connectivity index (χ1n) is 9.71. The molecule has 0 amide bonds. The number of fused-ring (bicyclic) bond motifs is 1. The van der Waals surface area contributed by atoms with Crippen LogP contribution in [0.5, 0.6) is 0 Å². The van der Waals surface area contributed by atoms with Crippen LogP contribution in [0, 0.1) is 0 Å². The van der Waals surface area contributed by atoms with Gasteiger partial charge in [0.25, 0.3) is 5.56 Å². The summed E-state index contributed by atoms with van der Waals surface area (Å²) in [5, 5.41) is 13.8. The monoisotopic (exact) mass is 504 g/mol. The zero-order valence-corrected chi connectivity index (χ0v) is 19.6. The van der Waals surface area contributed by atoms with E-state index >= 15 is 0 Å². The Morgan fingerprint density at radius 2 is 1.88 bits per heavy atom. The van der Waals surface area contributed by atoms with Crippen LogP contribution < -0.4 is 10.9 Å². The Kier molecular flexibility index (Phi) is 6.40. The van der Waals surface area contributed by atoms with E-state index in [2.05, 4.69) is 15.3 Å². The van der Waals surface area contributed by atoms with Gasteiger partial charge in [-0.15, -0.1) is 0 Å². The molecule has 0 bridgehead atoms. The van der Waals surface area contributed by atoms with Gasteiger partial charge < -0.3 is 10.4 Å². The number of nitrogens with zero attached hydrogens (tertiary/aromatic N) is 3. The average molecular weight is 505 g/mol. The summed E-state index contributed by atoms with van der Waals surface area (Å²) in [6.45, 7) is -0.273. The minimum absolute atomic E-state index is 0.00833. The number of nitrogens with one attached hydrogen (secondary N) is 1. The fraction of sp³-hybridized carbons (Fsp3) is 0.136. The summed E-state index contributed by atoms with van der Waals surface area (Å²) in [6.07, 6.45) is 2.66. The molecule has 0 fully saturated rings. The van der Waals surface area contributed by atoms with Gasteiger partial charge in [0.05, 0.1) is 23.1 Å². The van der Waals surface area contributed by atoms with Crippen LogP contribution in [0.15, 0.2) is 64.4 Å². The molecule has 0 saturated carbocycles. The van der Waals surface area contributed by atoms with Crippen LogP contribution in [0.4, 0.5) is 11.6 Å². The lowest BCUT2D eigenvalue weighted by Crippen LogP contribution is -2.24. The quantitative estimate of drug-likeness (QED) is 0.409. The van der Waals surface area contributed by atoms with Gasteiger partial charge in [0, 0.05) is 39.7 Å². The average Bonchev–Trinajstić information content (AvgIpc) is 2.76. The fourth-order valence-corrected chi connectivity index (χ4v) is 4.54. The summed E-state index contributed by atoms with van der Waals surface area (Å²) < 4.78 is 25.0. The summed E-state index contributed by atoms with van der Waals surface area (Å²) in [6, 6.07) is 12.7. The van der Waals surface area contributed by atoms with E-state index in [4.69, 9.17) is 23.2 Å². The summed E-state index contributed by atoms with van der Waals surface area (Å²) >= 11 is 12.3. The van der Waals surface area contributed by atoms with Gasteiger partial charge in [-0.3, -0.25) is 9.36 Å². The van der Waals surface area contributed by atoms with Gasteiger partial charge in [-0.2, -0.15) is 4.98 Å². The predicted octanol–water partition coefficient (Wildman–Crippen LogP) is 3.90. The molecule has 2 N–H and O–H groups in total. The van der Waals surface area contributed by atoms with Gasteiger partial charge in [0.2, 0.25) is 5.95 Å². The van der Waals surface area contributed by atoms with E-state index in [0.717, 1.165) is 6.26 Å². The van der Waals surface area contributed by atoms with Crippen molar-refractivity contribution in [1.29, 1.82) is 0 Å². The number of aromatic nitrogens is 3. The van der Waals surface area contributed by atoms with Crippen molar-refractivity contribution in [3.8, 4) is 11.1 Å². The molecule has 0 atom stereocenters. The van der Waals surface area contributed by atoms with E-state index in [-0.39, 0.29) is 29.6 Å². The van der Waals surface area contributed by atoms with E-state index in [9.17, 15) is 18.3 Å². The molecule has 2 aromatic heterocycles. The van der Waals surface area contributed by atoms with Crippen molar-refractivity contribution in [3.05, 3.63) is 75.1 Å². The molecule has 4 aromatic rings. The minimum atomic E-state index is -3.38. The second-order valence-corrected chi connectivity index (χ2v) is 10.1. The lowest BCUT2D eigenvalue weighted by Gasteiger charge is -2.13. The largest absolute Gasteiger partial charge is 0.395 e. The number of hydrogen-bond donors (Lipinski definition) is 2. The third-order valence-electron chi connectivity index (χ3n) is 4.89. The molecule has 0 radical (unpaired) electrons. The van der Waals surface area contributed by atoms with Crippen molar-refractivity contribution in [2.24, 2.45) is 0 Å². The van der Waals surface area contributed by atoms with Crippen molar-refractivity contribution in [2.45, 2.75) is 11.4 Å². The van der Waals surface area contributed by atoms with Crippen LogP contribution in [0.25, 0.3) is 22.2 Å². The minimum Gasteiger partial charge on any atom is -0.395 e. The number of anilines is 2.